The van der Waals surface area contributed by atoms with Crippen molar-refractivity contribution >= 4 is 10.0 Å². The monoisotopic (exact) mass is 421 g/mol. The molecule has 0 spiro atoms. The molecule has 8 nitrogen and oxygen atoms in total. The Morgan fingerprint density at radius 3 is 2.72 bits per heavy atom. The fraction of sp³-hybridized carbons (Fsp3) is 0.600. The molecular weight excluding hydrogens is 394 g/mol. The molecule has 0 radical (unpaired) electrons. The van der Waals surface area contributed by atoms with Crippen LogP contribution in [0.15, 0.2) is 27.6 Å². The number of ether oxygens (including phenoxy) is 2. The van der Waals surface area contributed by atoms with Gasteiger partial charge in [-0.2, -0.15) is 4.98 Å². The van der Waals surface area contributed by atoms with Gasteiger partial charge in [0.1, 0.15) is 5.75 Å². The molecule has 1 aliphatic carbocycles. The first-order valence-corrected chi connectivity index (χ1v) is 11.7. The van der Waals surface area contributed by atoms with Crippen molar-refractivity contribution in [3.63, 3.8) is 0 Å². The first-order chi connectivity index (χ1) is 14.1. The molecule has 1 saturated carbocycles. The number of methoxy groups -OCH3 is 1. The Kier molecular flexibility index (Phi) is 6.17. The number of hydrogen-bond donors (Lipinski definition) is 1. The number of sulfonamides is 1. The third kappa shape index (κ3) is 4.62. The highest BCUT2D eigenvalue weighted by atomic mass is 32.2. The molecule has 0 amide bonds. The zero-order chi connectivity index (χ0) is 20.3. The van der Waals surface area contributed by atoms with Crippen LogP contribution in [0.4, 0.5) is 0 Å². The highest BCUT2D eigenvalue weighted by Gasteiger charge is 2.25. The van der Waals surface area contributed by atoms with Gasteiger partial charge in [-0.3, -0.25) is 0 Å². The normalized spacial score (nSPS) is 20.8. The summed E-state index contributed by atoms with van der Waals surface area (Å²) in [6.07, 6.45) is 7.40. The fourth-order valence-corrected chi connectivity index (χ4v) is 5.07. The maximum atomic E-state index is 12.8. The lowest BCUT2D eigenvalue weighted by Crippen LogP contribution is -2.31. The van der Waals surface area contributed by atoms with Crippen molar-refractivity contribution in [2.24, 2.45) is 0 Å². The van der Waals surface area contributed by atoms with Crippen LogP contribution in [-0.4, -0.2) is 44.9 Å². The van der Waals surface area contributed by atoms with Gasteiger partial charge in [-0.1, -0.05) is 24.4 Å². The van der Waals surface area contributed by atoms with E-state index in [1.807, 2.05) is 0 Å². The largest absolute Gasteiger partial charge is 0.496 e. The molecule has 1 aromatic heterocycles. The molecule has 2 aliphatic rings. The molecule has 1 N–H and O–H groups in total. The van der Waals surface area contributed by atoms with E-state index in [0.717, 1.165) is 38.5 Å². The van der Waals surface area contributed by atoms with Crippen LogP contribution in [0.2, 0.25) is 0 Å². The quantitative estimate of drug-likeness (QED) is 0.732. The van der Waals surface area contributed by atoms with Gasteiger partial charge in [-0.05, 0) is 43.9 Å². The first kappa shape index (κ1) is 20.3. The molecule has 4 rings (SSSR count). The second kappa shape index (κ2) is 8.81. The number of nitrogens with one attached hydrogen (secondary N) is 1. The molecule has 1 saturated heterocycles. The van der Waals surface area contributed by atoms with Crippen LogP contribution in [0.5, 0.6) is 5.75 Å². The van der Waals surface area contributed by atoms with Crippen molar-refractivity contribution in [1.29, 1.82) is 0 Å². The van der Waals surface area contributed by atoms with E-state index in [1.165, 1.54) is 25.7 Å². The minimum atomic E-state index is -3.69. The van der Waals surface area contributed by atoms with Crippen LogP contribution in [-0.2, 0) is 14.8 Å². The van der Waals surface area contributed by atoms with Crippen LogP contribution in [0.3, 0.4) is 0 Å². The van der Waals surface area contributed by atoms with Gasteiger partial charge in [0.25, 0.3) is 0 Å². The van der Waals surface area contributed by atoms with Gasteiger partial charge in [-0.25, -0.2) is 13.1 Å². The molecular formula is C20H27N3O5S. The average molecular weight is 422 g/mol. The smallest absolute Gasteiger partial charge is 0.240 e. The van der Waals surface area contributed by atoms with Gasteiger partial charge in [-0.15, -0.1) is 0 Å². The Hall–Kier alpha value is -1.97. The van der Waals surface area contributed by atoms with Crippen molar-refractivity contribution in [2.45, 2.75) is 61.9 Å². The van der Waals surface area contributed by atoms with Crippen molar-refractivity contribution < 1.29 is 22.4 Å². The molecule has 2 aromatic rings. The zero-order valence-corrected chi connectivity index (χ0v) is 17.4. The lowest BCUT2D eigenvalue weighted by Gasteiger charge is -2.17. The van der Waals surface area contributed by atoms with Crippen molar-refractivity contribution in [3.05, 3.63) is 24.1 Å². The molecule has 2 heterocycles. The zero-order valence-electron chi connectivity index (χ0n) is 16.6. The molecule has 0 bridgehead atoms. The standard InChI is InChI=1S/C20H27N3O5S/c1-26-18-10-9-16(29(24,25)21-13-15-8-5-11-27-15)12-17(18)19-22-20(28-23-19)14-6-3-2-4-7-14/h9-10,12,14-15,21H,2-8,11,13H2,1H3/t15-/m0/s1. The first-order valence-electron chi connectivity index (χ1n) is 10.2. The molecule has 9 heteroatoms. The molecule has 1 aliphatic heterocycles. The second-order valence-corrected chi connectivity index (χ2v) is 9.41. The average Bonchev–Trinajstić information content (AvgIpc) is 3.45. The molecule has 2 fully saturated rings. The summed E-state index contributed by atoms with van der Waals surface area (Å²) in [5.74, 6) is 1.74. The molecule has 1 atom stereocenters. The Labute approximate surface area is 171 Å². The molecule has 158 valence electrons. The van der Waals surface area contributed by atoms with E-state index in [4.69, 9.17) is 14.0 Å². The highest BCUT2D eigenvalue weighted by Crippen LogP contribution is 2.35. The third-order valence-corrected chi connectivity index (χ3v) is 7.06. The van der Waals surface area contributed by atoms with Gasteiger partial charge < -0.3 is 14.0 Å². The van der Waals surface area contributed by atoms with E-state index in [-0.39, 0.29) is 23.5 Å². The van der Waals surface area contributed by atoms with E-state index < -0.39 is 10.0 Å². The van der Waals surface area contributed by atoms with Crippen LogP contribution < -0.4 is 9.46 Å². The predicted octanol–water partition coefficient (Wildman–Crippen LogP) is 3.25. The summed E-state index contributed by atoms with van der Waals surface area (Å²) in [6.45, 7) is 0.942. The lowest BCUT2D eigenvalue weighted by atomic mass is 9.89. The number of aromatic nitrogens is 2. The van der Waals surface area contributed by atoms with Gasteiger partial charge in [0, 0.05) is 19.1 Å². The minimum Gasteiger partial charge on any atom is -0.496 e. The predicted molar refractivity (Wildman–Crippen MR) is 106 cm³/mol. The number of rotatable bonds is 7. The summed E-state index contributed by atoms with van der Waals surface area (Å²) in [7, 11) is -2.16. The van der Waals surface area contributed by atoms with Gasteiger partial charge in [0.15, 0.2) is 0 Å². The molecule has 0 unspecified atom stereocenters. The number of nitrogens with zero attached hydrogens (tertiary/aromatic N) is 2. The molecule has 29 heavy (non-hydrogen) atoms. The maximum Gasteiger partial charge on any atom is 0.240 e. The SMILES string of the molecule is COc1ccc(S(=O)(=O)NC[C@@H]2CCCO2)cc1-c1noc(C2CCCCC2)n1. The van der Waals surface area contributed by atoms with Gasteiger partial charge >= 0.3 is 0 Å². The fourth-order valence-electron chi connectivity index (χ4n) is 3.98. The maximum absolute atomic E-state index is 12.8. The Morgan fingerprint density at radius 1 is 1.17 bits per heavy atom. The topological polar surface area (TPSA) is 104 Å². The summed E-state index contributed by atoms with van der Waals surface area (Å²) in [5.41, 5.74) is 0.498. The van der Waals surface area contributed by atoms with Crippen molar-refractivity contribution in [3.8, 4) is 17.1 Å². The lowest BCUT2D eigenvalue weighted by molar-refractivity contribution is 0.114. The summed E-state index contributed by atoms with van der Waals surface area (Å²) in [6, 6.07) is 4.67. The van der Waals surface area contributed by atoms with Crippen LogP contribution in [0, 0.1) is 0 Å². The summed E-state index contributed by atoms with van der Waals surface area (Å²) < 4.78 is 44.5. The van der Waals surface area contributed by atoms with Crippen LogP contribution in [0.1, 0.15) is 56.8 Å². The van der Waals surface area contributed by atoms with Gasteiger partial charge in [0.05, 0.1) is 23.7 Å². The molecule has 1 aromatic carbocycles. The van der Waals surface area contributed by atoms with E-state index >= 15 is 0 Å². The van der Waals surface area contributed by atoms with E-state index in [2.05, 4.69) is 14.9 Å². The minimum absolute atomic E-state index is 0.0715. The summed E-state index contributed by atoms with van der Waals surface area (Å²) in [5, 5.41) is 4.10. The Morgan fingerprint density at radius 2 is 2.00 bits per heavy atom. The highest BCUT2D eigenvalue weighted by molar-refractivity contribution is 7.89. The van der Waals surface area contributed by atoms with E-state index in [0.29, 0.717) is 29.6 Å². The Balaban J connectivity index is 1.57. The van der Waals surface area contributed by atoms with E-state index in [9.17, 15) is 8.42 Å². The van der Waals surface area contributed by atoms with Crippen molar-refractivity contribution in [1.82, 2.24) is 14.9 Å². The Bertz CT molecular complexity index is 931. The van der Waals surface area contributed by atoms with Gasteiger partial charge in [0.2, 0.25) is 21.7 Å². The third-order valence-electron chi connectivity index (χ3n) is 5.64. The van der Waals surface area contributed by atoms with Crippen LogP contribution in [0.25, 0.3) is 11.4 Å². The number of benzene rings is 1. The number of hydrogen-bond acceptors (Lipinski definition) is 7. The van der Waals surface area contributed by atoms with E-state index in [1.54, 1.807) is 6.07 Å². The summed E-state index contributed by atoms with van der Waals surface area (Å²) in [4.78, 5) is 4.69. The summed E-state index contributed by atoms with van der Waals surface area (Å²) >= 11 is 0. The second-order valence-electron chi connectivity index (χ2n) is 7.64. The van der Waals surface area contributed by atoms with Crippen LogP contribution >= 0.6 is 0 Å². The van der Waals surface area contributed by atoms with Crippen molar-refractivity contribution in [2.75, 3.05) is 20.3 Å².